The van der Waals surface area contributed by atoms with Gasteiger partial charge in [-0.05, 0) is 37.6 Å². The lowest BCUT2D eigenvalue weighted by Gasteiger charge is -2.11. The predicted molar refractivity (Wildman–Crippen MR) is 81.4 cm³/mol. The number of halogens is 1. The molecule has 112 valence electrons. The first-order valence-corrected chi connectivity index (χ1v) is 6.64. The number of nitriles is 1. The zero-order chi connectivity index (χ0) is 16.0. The molecule has 0 aromatic heterocycles. The molecule has 1 aromatic carbocycles. The normalized spacial score (nSPS) is 11.0. The molecular formula is C15H17ClN2O3. The van der Waals surface area contributed by atoms with Crippen molar-refractivity contribution in [3.8, 4) is 17.6 Å². The molecule has 0 spiro atoms. The van der Waals surface area contributed by atoms with Gasteiger partial charge in [-0.1, -0.05) is 11.6 Å². The van der Waals surface area contributed by atoms with Crippen molar-refractivity contribution in [3.05, 3.63) is 28.3 Å². The fourth-order valence-electron chi connectivity index (χ4n) is 1.68. The summed E-state index contributed by atoms with van der Waals surface area (Å²) in [7, 11) is 2.97. The summed E-state index contributed by atoms with van der Waals surface area (Å²) in [4.78, 5) is 11.9. The van der Waals surface area contributed by atoms with Gasteiger partial charge in [-0.2, -0.15) is 5.26 Å². The lowest BCUT2D eigenvalue weighted by Crippen LogP contribution is -2.30. The maximum atomic E-state index is 11.9. The molecule has 1 N–H and O–H groups in total. The maximum absolute atomic E-state index is 11.9. The lowest BCUT2D eigenvalue weighted by molar-refractivity contribution is -0.117. The Balaban J connectivity index is 3.21. The van der Waals surface area contributed by atoms with Gasteiger partial charge >= 0.3 is 0 Å². The van der Waals surface area contributed by atoms with Gasteiger partial charge in [-0.3, -0.25) is 4.79 Å². The van der Waals surface area contributed by atoms with Crippen LogP contribution in [0.3, 0.4) is 0 Å². The standard InChI is InChI=1S/C15H17ClN2O3/c1-9(2)18-15(19)11(8-17)5-10-6-12(16)14(21-4)13(7-10)20-3/h5-7,9H,1-4H3,(H,18,19)/b11-5+. The van der Waals surface area contributed by atoms with Gasteiger partial charge in [0, 0.05) is 6.04 Å². The summed E-state index contributed by atoms with van der Waals surface area (Å²) in [6.07, 6.45) is 1.45. The predicted octanol–water partition coefficient (Wildman–Crippen LogP) is 2.79. The van der Waals surface area contributed by atoms with Crippen molar-refractivity contribution in [3.63, 3.8) is 0 Å². The van der Waals surface area contributed by atoms with E-state index in [-0.39, 0.29) is 11.6 Å². The minimum atomic E-state index is -0.432. The van der Waals surface area contributed by atoms with Crippen LogP contribution in [0, 0.1) is 11.3 Å². The van der Waals surface area contributed by atoms with Crippen molar-refractivity contribution >= 4 is 23.6 Å². The van der Waals surface area contributed by atoms with Crippen molar-refractivity contribution in [1.29, 1.82) is 5.26 Å². The number of rotatable bonds is 5. The van der Waals surface area contributed by atoms with Crippen LogP contribution < -0.4 is 14.8 Å². The van der Waals surface area contributed by atoms with E-state index in [1.807, 2.05) is 19.9 Å². The fourth-order valence-corrected chi connectivity index (χ4v) is 1.97. The second-order valence-corrected chi connectivity index (χ2v) is 4.94. The molecule has 0 unspecified atom stereocenters. The van der Waals surface area contributed by atoms with Crippen LogP contribution in [0.1, 0.15) is 19.4 Å². The van der Waals surface area contributed by atoms with Crippen LogP contribution in [-0.2, 0) is 4.79 Å². The quantitative estimate of drug-likeness (QED) is 0.670. The molecular weight excluding hydrogens is 292 g/mol. The molecule has 1 aromatic rings. The Morgan fingerprint density at radius 1 is 1.38 bits per heavy atom. The number of nitrogens with zero attached hydrogens (tertiary/aromatic N) is 1. The molecule has 6 heteroatoms. The maximum Gasteiger partial charge on any atom is 0.262 e. The number of carbonyl (C=O) groups is 1. The van der Waals surface area contributed by atoms with Crippen LogP contribution in [0.4, 0.5) is 0 Å². The SMILES string of the molecule is COc1cc(/C=C(\C#N)C(=O)NC(C)C)cc(Cl)c1OC. The van der Waals surface area contributed by atoms with Crippen molar-refractivity contribution < 1.29 is 14.3 Å². The summed E-state index contributed by atoms with van der Waals surface area (Å²) in [5.41, 5.74) is 0.570. The van der Waals surface area contributed by atoms with Gasteiger partial charge in [0.05, 0.1) is 19.2 Å². The highest BCUT2D eigenvalue weighted by molar-refractivity contribution is 6.32. The van der Waals surface area contributed by atoms with Gasteiger partial charge in [0.1, 0.15) is 11.6 Å². The fraction of sp³-hybridized carbons (Fsp3) is 0.333. The number of hydrogen-bond donors (Lipinski definition) is 1. The van der Waals surface area contributed by atoms with Gasteiger partial charge in [-0.25, -0.2) is 0 Å². The molecule has 0 heterocycles. The van der Waals surface area contributed by atoms with Crippen LogP contribution in [0.25, 0.3) is 6.08 Å². The molecule has 0 fully saturated rings. The summed E-state index contributed by atoms with van der Waals surface area (Å²) in [6, 6.07) is 5.07. The molecule has 0 aliphatic rings. The Labute approximate surface area is 129 Å². The number of carbonyl (C=O) groups excluding carboxylic acids is 1. The third-order valence-corrected chi connectivity index (χ3v) is 2.83. The van der Waals surface area contributed by atoms with E-state index in [1.54, 1.807) is 12.1 Å². The van der Waals surface area contributed by atoms with Crippen LogP contribution >= 0.6 is 11.6 Å². The number of ether oxygens (including phenoxy) is 2. The molecule has 5 nitrogen and oxygen atoms in total. The Kier molecular flexibility index (Phi) is 6.07. The Morgan fingerprint density at radius 2 is 2.05 bits per heavy atom. The Morgan fingerprint density at radius 3 is 2.52 bits per heavy atom. The van der Waals surface area contributed by atoms with Crippen LogP contribution in [-0.4, -0.2) is 26.2 Å². The minimum absolute atomic E-state index is 0.00742. The van der Waals surface area contributed by atoms with Crippen LogP contribution in [0.15, 0.2) is 17.7 Å². The first kappa shape index (κ1) is 16.9. The van der Waals surface area contributed by atoms with Crippen molar-refractivity contribution in [2.75, 3.05) is 14.2 Å². The molecule has 21 heavy (non-hydrogen) atoms. The molecule has 0 aliphatic carbocycles. The topological polar surface area (TPSA) is 71.3 Å². The van der Waals surface area contributed by atoms with E-state index in [0.29, 0.717) is 22.1 Å². The summed E-state index contributed by atoms with van der Waals surface area (Å²) in [5.74, 6) is 0.401. The summed E-state index contributed by atoms with van der Waals surface area (Å²) in [5, 5.41) is 12.1. The molecule has 0 saturated heterocycles. The Hall–Kier alpha value is -2.19. The van der Waals surface area contributed by atoms with Crippen molar-refractivity contribution in [1.82, 2.24) is 5.32 Å². The second kappa shape index (κ2) is 7.55. The Bertz CT molecular complexity index is 604. The van der Waals surface area contributed by atoms with E-state index in [1.165, 1.54) is 20.3 Å². The summed E-state index contributed by atoms with van der Waals surface area (Å²) >= 11 is 6.09. The molecule has 0 aliphatic heterocycles. The molecule has 1 rings (SSSR count). The number of amides is 1. The van der Waals surface area contributed by atoms with E-state index in [9.17, 15) is 4.79 Å². The highest BCUT2D eigenvalue weighted by Gasteiger charge is 2.13. The zero-order valence-electron chi connectivity index (χ0n) is 12.4. The lowest BCUT2D eigenvalue weighted by atomic mass is 10.1. The summed E-state index contributed by atoms with van der Waals surface area (Å²) in [6.45, 7) is 3.64. The van der Waals surface area contributed by atoms with Crippen molar-refractivity contribution in [2.45, 2.75) is 19.9 Å². The molecule has 0 bridgehead atoms. The number of nitrogens with one attached hydrogen (secondary N) is 1. The smallest absolute Gasteiger partial charge is 0.262 e. The minimum Gasteiger partial charge on any atom is -0.493 e. The van der Waals surface area contributed by atoms with Crippen molar-refractivity contribution in [2.24, 2.45) is 0 Å². The largest absolute Gasteiger partial charge is 0.493 e. The molecule has 0 atom stereocenters. The number of methoxy groups -OCH3 is 2. The van der Waals surface area contributed by atoms with Crippen LogP contribution in [0.5, 0.6) is 11.5 Å². The third-order valence-electron chi connectivity index (χ3n) is 2.55. The van der Waals surface area contributed by atoms with E-state index in [2.05, 4.69) is 5.32 Å². The second-order valence-electron chi connectivity index (χ2n) is 4.54. The van der Waals surface area contributed by atoms with Crippen LogP contribution in [0.2, 0.25) is 5.02 Å². The van der Waals surface area contributed by atoms with E-state index in [0.717, 1.165) is 0 Å². The first-order chi connectivity index (χ1) is 9.92. The van der Waals surface area contributed by atoms with Gasteiger partial charge in [-0.15, -0.1) is 0 Å². The van der Waals surface area contributed by atoms with Gasteiger partial charge in [0.2, 0.25) is 0 Å². The average molecular weight is 309 g/mol. The zero-order valence-corrected chi connectivity index (χ0v) is 13.1. The van der Waals surface area contributed by atoms with E-state index in [4.69, 9.17) is 26.3 Å². The average Bonchev–Trinajstić information content (AvgIpc) is 2.43. The monoisotopic (exact) mass is 308 g/mol. The molecule has 0 radical (unpaired) electrons. The number of benzene rings is 1. The summed E-state index contributed by atoms with van der Waals surface area (Å²) < 4.78 is 10.3. The van der Waals surface area contributed by atoms with Gasteiger partial charge < -0.3 is 14.8 Å². The molecule has 1 amide bonds. The highest BCUT2D eigenvalue weighted by Crippen LogP contribution is 2.36. The third kappa shape index (κ3) is 4.40. The van der Waals surface area contributed by atoms with E-state index < -0.39 is 5.91 Å². The van der Waals surface area contributed by atoms with E-state index >= 15 is 0 Å². The first-order valence-electron chi connectivity index (χ1n) is 6.27. The molecule has 0 saturated carbocycles. The van der Waals surface area contributed by atoms with Gasteiger partial charge in [0.25, 0.3) is 5.91 Å². The highest BCUT2D eigenvalue weighted by atomic mass is 35.5. The number of hydrogen-bond acceptors (Lipinski definition) is 4. The van der Waals surface area contributed by atoms with Gasteiger partial charge in [0.15, 0.2) is 11.5 Å².